The third-order valence-electron chi connectivity index (χ3n) is 24.2. The zero-order valence-corrected chi connectivity index (χ0v) is 84.4. The molecule has 0 spiro atoms. The minimum Gasteiger partial charge on any atom is -0.304 e. The molecule has 0 saturated carbocycles. The second kappa shape index (κ2) is 43.2. The van der Waals surface area contributed by atoms with Gasteiger partial charge in [-0.2, -0.15) is 8.78 Å². The summed E-state index contributed by atoms with van der Waals surface area (Å²) in [6.07, 6.45) is 22.1. The Morgan fingerprint density at radius 3 is 1.51 bits per heavy atom. The van der Waals surface area contributed by atoms with Crippen molar-refractivity contribution in [2.75, 3.05) is 0 Å². The first-order chi connectivity index (χ1) is 57.8. The monoisotopic (exact) mass is 2720 g/mol. The molecule has 4 aliphatic rings. The van der Waals surface area contributed by atoms with Gasteiger partial charge in [0.05, 0.1) is 0 Å². The molecule has 0 fully saturated rings. The third kappa shape index (κ3) is 20.3. The largest absolute Gasteiger partial charge is 0.325 e. The molecular weight excluding hydrogens is 2620 g/mol. The molecule has 125 heavy (non-hydrogen) atoms. The second-order valence-corrected chi connectivity index (χ2v) is 32.3. The zero-order chi connectivity index (χ0) is 82.3. The Bertz CT molecular complexity index is 6210. The molecule has 21 rings (SSSR count). The number of halogens is 4. The van der Waals surface area contributed by atoms with Crippen LogP contribution in [0.4, 0.5) is 17.6 Å². The Labute approximate surface area is 812 Å². The van der Waals surface area contributed by atoms with Crippen LogP contribution in [0, 0.1) is 36.4 Å². The normalized spacial score (nSPS) is 13.7. The molecule has 4 aliphatic carbocycles. The number of aromatic nitrogens is 6. The maximum atomic E-state index is 13.9. The van der Waals surface area contributed by atoms with Crippen molar-refractivity contribution in [1.29, 1.82) is 0 Å². The van der Waals surface area contributed by atoms with Crippen LogP contribution in [0.3, 0.4) is 0 Å². The molecule has 6 heterocycles. The van der Waals surface area contributed by atoms with Crippen molar-refractivity contribution >= 4 is 43.2 Å². The van der Waals surface area contributed by atoms with Crippen LogP contribution in [-0.2, 0) is 168 Å². The Kier molecular flexibility index (Phi) is 33.9. The van der Waals surface area contributed by atoms with Crippen molar-refractivity contribution in [3.8, 4) is 78.5 Å². The van der Waals surface area contributed by atoms with E-state index in [2.05, 4.69) is 303 Å². The van der Waals surface area contributed by atoms with Gasteiger partial charge in [0, 0.05) is 169 Å². The maximum Gasteiger partial charge on any atom is 0.325 e. The third-order valence-corrected chi connectivity index (χ3v) is 24.2. The van der Waals surface area contributed by atoms with Crippen molar-refractivity contribution in [3.05, 3.63) is 397 Å². The smallest absolute Gasteiger partial charge is 0.304 e. The number of alkyl halides is 4. The van der Waals surface area contributed by atoms with E-state index in [1.54, 1.807) is 0 Å². The van der Waals surface area contributed by atoms with Crippen LogP contribution in [0.2, 0.25) is 0 Å². The molecular formula is C109H90F4Ir6N6-6. The molecule has 6 nitrogen and oxygen atoms in total. The van der Waals surface area contributed by atoms with Gasteiger partial charge in [-0.05, 0) is 142 Å². The van der Waals surface area contributed by atoms with Crippen LogP contribution in [0.15, 0.2) is 310 Å². The second-order valence-electron chi connectivity index (χ2n) is 32.3. The summed E-state index contributed by atoms with van der Waals surface area (Å²) in [5, 5.41) is 8.24. The fourth-order valence-electron chi connectivity index (χ4n) is 17.0. The molecule has 0 aliphatic heterocycles. The van der Waals surface area contributed by atoms with E-state index in [1.165, 1.54) is 157 Å². The van der Waals surface area contributed by atoms with Gasteiger partial charge in [-0.15, -0.1) is 206 Å². The number of benzene rings is 11. The number of hydrogen-bond donors (Lipinski definition) is 0. The van der Waals surface area contributed by atoms with Gasteiger partial charge in [0.15, 0.2) is 0 Å². The number of nitrogens with zero attached hydrogens (tertiary/aromatic N) is 6. The first kappa shape index (κ1) is 98.2. The fraction of sp³-hybridized carbons (Fsp3) is 0.193. The predicted molar refractivity (Wildman–Crippen MR) is 477 cm³/mol. The van der Waals surface area contributed by atoms with Gasteiger partial charge in [-0.3, -0.25) is 0 Å². The molecule has 0 bridgehead atoms. The molecule has 0 atom stereocenters. The van der Waals surface area contributed by atoms with Crippen molar-refractivity contribution < 1.29 is 138 Å². The van der Waals surface area contributed by atoms with Gasteiger partial charge in [-0.1, -0.05) is 244 Å². The van der Waals surface area contributed by atoms with Gasteiger partial charge in [0.1, 0.15) is 0 Å². The summed E-state index contributed by atoms with van der Waals surface area (Å²) < 4.78 is 55.4. The van der Waals surface area contributed by atoms with Crippen LogP contribution in [0.5, 0.6) is 0 Å². The summed E-state index contributed by atoms with van der Waals surface area (Å²) in [4.78, 5) is 26.4. The van der Waals surface area contributed by atoms with Gasteiger partial charge in [0.25, 0.3) is 0 Å². The summed E-state index contributed by atoms with van der Waals surface area (Å²) >= 11 is 0. The molecule has 644 valence electrons. The Morgan fingerprint density at radius 1 is 0.320 bits per heavy atom. The molecule has 6 aromatic heterocycles. The number of unbranched alkanes of at least 4 members (excludes halogenated alkanes) is 5. The van der Waals surface area contributed by atoms with Crippen LogP contribution >= 0.6 is 0 Å². The molecule has 0 saturated heterocycles. The van der Waals surface area contributed by atoms with Crippen molar-refractivity contribution in [1.82, 2.24) is 29.9 Å². The first-order valence-corrected chi connectivity index (χ1v) is 41.1. The number of aryl methyl sites for hydroxylation is 3. The van der Waals surface area contributed by atoms with E-state index >= 15 is 0 Å². The standard InChI is InChI=1S/C30H22N.C23H26N.C17H18N.C13H6F4N.C13H10N.C13H8N.6Ir/c1-30(2)27-13-6-5-12-25(27)26-15-14-22(19-28(26)30)21-9-7-10-23(18-21)29-24-11-4-3-8-20(24)16-17-31-29;1-2-3-4-5-6-7-10-19-13-15-21(16-14-19)23-22-12-9-8-11-20(22)17-18-24-23;1-16(2)13-9-6-5-8-12(13)15-14(17(16,3)4)10-7-11-18-15;14-12(15)9-5-2-1-4-8(9)11-10(13(12,16)17)6-3-7-18-11;2*1-2-6-12-10(4-1)7-8-11-5-3-9-14-13(11)12;;;;;;/h3-9,11-19H,1-2H3;8-9,11-15,17-18H,2-7,10H2,1H3;5-7,9-11H,1-4H3;1-3,5-7H;1-5,9H,7-8H2;1-5,7-9H;;;;;;/q6*-1;;;;;;. The maximum absolute atomic E-state index is 13.9. The van der Waals surface area contributed by atoms with E-state index < -0.39 is 23.0 Å². The zero-order valence-electron chi connectivity index (χ0n) is 70.0. The number of rotatable bonds is 10. The number of fused-ring (bicyclic) bond motifs is 17. The van der Waals surface area contributed by atoms with Crippen molar-refractivity contribution in [2.45, 2.75) is 134 Å². The predicted octanol–water partition coefficient (Wildman–Crippen LogP) is 28.0. The van der Waals surface area contributed by atoms with Crippen LogP contribution < -0.4 is 0 Å². The van der Waals surface area contributed by atoms with Crippen LogP contribution in [0.25, 0.3) is 122 Å². The van der Waals surface area contributed by atoms with Crippen LogP contribution in [-0.4, -0.2) is 29.9 Å². The summed E-state index contributed by atoms with van der Waals surface area (Å²) in [5.41, 5.74) is 22.9. The molecule has 16 heteroatoms. The van der Waals surface area contributed by atoms with E-state index in [9.17, 15) is 17.6 Å². The molecule has 17 aromatic rings. The first-order valence-electron chi connectivity index (χ1n) is 41.1. The Hall–Kier alpha value is -9.02. The van der Waals surface area contributed by atoms with Crippen molar-refractivity contribution in [3.63, 3.8) is 0 Å². The van der Waals surface area contributed by atoms with E-state index in [-0.39, 0.29) is 148 Å². The minimum absolute atomic E-state index is 0. The summed E-state index contributed by atoms with van der Waals surface area (Å²) in [7, 11) is 0. The van der Waals surface area contributed by atoms with E-state index in [0.717, 1.165) is 87.2 Å². The number of pyridine rings is 6. The number of hydrogen-bond acceptors (Lipinski definition) is 6. The van der Waals surface area contributed by atoms with E-state index in [1.807, 2.05) is 85.6 Å². The fourth-order valence-corrected chi connectivity index (χ4v) is 17.0. The van der Waals surface area contributed by atoms with Crippen LogP contribution in [0.1, 0.15) is 137 Å². The van der Waals surface area contributed by atoms with Gasteiger partial charge in [-0.25, -0.2) is 8.78 Å². The summed E-state index contributed by atoms with van der Waals surface area (Å²) in [6.45, 7) is 16.2. The summed E-state index contributed by atoms with van der Waals surface area (Å²) in [5.74, 6) is -8.52. The Morgan fingerprint density at radius 2 is 0.808 bits per heavy atom. The summed E-state index contributed by atoms with van der Waals surface area (Å²) in [6, 6.07) is 110. The van der Waals surface area contributed by atoms with E-state index in [4.69, 9.17) is 0 Å². The molecule has 6 radical (unpaired) electrons. The van der Waals surface area contributed by atoms with Gasteiger partial charge in [0.2, 0.25) is 0 Å². The molecule has 0 amide bonds. The quantitative estimate of drug-likeness (QED) is 0.0588. The SMILES string of the molecule is CC1(C)c2ccc[c-]c2-c2ncccc2C1(C)C.CC1(C)c2ccccc2-c2ccc(-c3cc[c-]c(-c4nccc5ccccc45)c3)cc21.CCCCCCCCc1c[c-]c(-c2nccc3ccccc23)cc1.FC1(F)c2ccc[c-]c2-c2ncccc2C1(F)F.[Ir].[Ir].[Ir].[Ir].[Ir].[Ir].[c-]1cccc2c1-c1ncccc1CC2.[c-]1cccc2ccc3cccnc3c12. The molecule has 0 unspecified atom stereocenters. The van der Waals surface area contributed by atoms with E-state index in [0.29, 0.717) is 0 Å². The average molecular weight is 2710 g/mol. The Balaban J connectivity index is 0.000000159. The average Bonchev–Trinajstić information content (AvgIpc) is 1.28. The minimum atomic E-state index is -4.27. The van der Waals surface area contributed by atoms with Crippen molar-refractivity contribution in [2.24, 2.45) is 0 Å². The molecule has 11 aromatic carbocycles. The van der Waals surface area contributed by atoms with Gasteiger partial charge < -0.3 is 29.9 Å². The van der Waals surface area contributed by atoms with Gasteiger partial charge >= 0.3 is 11.8 Å². The topological polar surface area (TPSA) is 77.3 Å². The molecule has 0 N–H and O–H groups in total.